The minimum absolute atomic E-state index is 0.235. The monoisotopic (exact) mass is 600 g/mol. The highest BCUT2D eigenvalue weighted by atomic mass is 32.2. The molecule has 1 N–H and O–H groups in total. The molecule has 0 amide bonds. The molecule has 0 saturated carbocycles. The molecule has 2 fully saturated rings. The minimum atomic E-state index is -0.733. The van der Waals surface area contributed by atoms with Crippen LogP contribution < -0.4 is 4.74 Å². The van der Waals surface area contributed by atoms with Crippen molar-refractivity contribution >= 4 is 11.8 Å². The Bertz CT molecular complexity index is 1390. The van der Waals surface area contributed by atoms with Crippen LogP contribution in [0.4, 0.5) is 0 Å². The van der Waals surface area contributed by atoms with Crippen molar-refractivity contribution in [2.45, 2.75) is 60.4 Å². The fourth-order valence-electron chi connectivity index (χ4n) is 5.39. The van der Waals surface area contributed by atoms with E-state index in [1.807, 2.05) is 115 Å². The number of benzene rings is 4. The lowest BCUT2D eigenvalue weighted by molar-refractivity contribution is -0.354. The molecule has 2 aliphatic rings. The molecule has 8 heteroatoms. The Morgan fingerprint density at radius 3 is 1.81 bits per heavy atom. The Hall–Kier alpha value is -3.21. The third kappa shape index (κ3) is 7.30. The highest BCUT2D eigenvalue weighted by Gasteiger charge is 2.54. The number of thioether (sulfide) groups is 1. The molecule has 43 heavy (non-hydrogen) atoms. The van der Waals surface area contributed by atoms with Crippen molar-refractivity contribution in [1.29, 1.82) is 0 Å². The van der Waals surface area contributed by atoms with E-state index in [1.54, 1.807) is 18.9 Å². The number of methoxy groups -OCH3 is 1. The molecule has 0 aliphatic carbocycles. The van der Waals surface area contributed by atoms with Gasteiger partial charge in [-0.05, 0) is 35.4 Å². The maximum absolute atomic E-state index is 10.5. The van der Waals surface area contributed by atoms with Crippen molar-refractivity contribution in [1.82, 2.24) is 0 Å². The van der Waals surface area contributed by atoms with Crippen LogP contribution in [-0.2, 0) is 36.9 Å². The van der Waals surface area contributed by atoms with Gasteiger partial charge in [-0.3, -0.25) is 0 Å². The molecule has 0 radical (unpaired) electrons. The summed E-state index contributed by atoms with van der Waals surface area (Å²) in [6.45, 7) is 0.510. The maximum Gasteiger partial charge on any atom is 0.184 e. The Balaban J connectivity index is 1.34. The van der Waals surface area contributed by atoms with Crippen molar-refractivity contribution < 1.29 is 33.5 Å². The number of hydrogen-bond acceptors (Lipinski definition) is 8. The summed E-state index contributed by atoms with van der Waals surface area (Å²) in [7, 11) is 1.63. The first-order valence-electron chi connectivity index (χ1n) is 14.5. The van der Waals surface area contributed by atoms with E-state index in [2.05, 4.69) is 0 Å². The fraction of sp³-hybridized carbons (Fsp3) is 0.314. The van der Waals surface area contributed by atoms with Crippen LogP contribution in [-0.4, -0.2) is 54.8 Å². The van der Waals surface area contributed by atoms with E-state index < -0.39 is 42.2 Å². The molecule has 224 valence electrons. The van der Waals surface area contributed by atoms with E-state index in [-0.39, 0.29) is 6.61 Å². The first kappa shape index (κ1) is 29.8. The Kier molecular flexibility index (Phi) is 10.1. The predicted molar refractivity (Wildman–Crippen MR) is 164 cm³/mol. The second-order valence-corrected chi connectivity index (χ2v) is 11.7. The van der Waals surface area contributed by atoms with Gasteiger partial charge in [-0.15, -0.1) is 0 Å². The normalized spacial score (nSPS) is 26.9. The first-order valence-corrected chi connectivity index (χ1v) is 15.3. The zero-order valence-electron chi connectivity index (χ0n) is 23.9. The van der Waals surface area contributed by atoms with E-state index >= 15 is 0 Å². The van der Waals surface area contributed by atoms with E-state index in [1.165, 1.54) is 0 Å². The average Bonchev–Trinajstić information content (AvgIpc) is 3.07. The van der Waals surface area contributed by atoms with Crippen LogP contribution in [0, 0.1) is 0 Å². The van der Waals surface area contributed by atoms with Crippen molar-refractivity contribution in [3.63, 3.8) is 0 Å². The molecule has 1 unspecified atom stereocenters. The third-order valence-electron chi connectivity index (χ3n) is 7.61. The molecule has 0 aromatic heterocycles. The lowest BCUT2D eigenvalue weighted by Crippen LogP contribution is -2.65. The van der Waals surface area contributed by atoms with Gasteiger partial charge in [0.15, 0.2) is 6.29 Å². The number of hydrogen-bond donors (Lipinski definition) is 1. The summed E-state index contributed by atoms with van der Waals surface area (Å²) in [5.41, 5.74) is 2.44. The van der Waals surface area contributed by atoms with Gasteiger partial charge >= 0.3 is 0 Å². The van der Waals surface area contributed by atoms with Gasteiger partial charge < -0.3 is 33.5 Å². The molecular formula is C35H36O7S. The molecular weight excluding hydrogens is 564 g/mol. The number of ether oxygens (including phenoxy) is 6. The standard InChI is InChI=1S/C35H36O7S/c1-37-27-19-17-26(18-20-27)34-40-29(21-36)30-32(41-34)31(38-22-24-11-5-2-6-12-24)33(39-23-25-13-7-3-8-14-25)35(42-30)43-28-15-9-4-10-16-28/h2-20,29-36H,21-23H2,1H3/t29-,30+,31-,32+,33-,34?,35+/m0/s1. The molecule has 4 aromatic rings. The molecule has 0 bridgehead atoms. The van der Waals surface area contributed by atoms with Crippen LogP contribution in [0.1, 0.15) is 23.0 Å². The van der Waals surface area contributed by atoms with Gasteiger partial charge in [0.25, 0.3) is 0 Å². The molecule has 2 heterocycles. The highest BCUT2D eigenvalue weighted by molar-refractivity contribution is 7.99. The molecule has 2 aliphatic heterocycles. The van der Waals surface area contributed by atoms with Gasteiger partial charge in [0.2, 0.25) is 0 Å². The van der Waals surface area contributed by atoms with Crippen molar-refractivity contribution in [3.8, 4) is 5.75 Å². The largest absolute Gasteiger partial charge is 0.497 e. The Labute approximate surface area is 256 Å². The Morgan fingerprint density at radius 1 is 0.651 bits per heavy atom. The summed E-state index contributed by atoms with van der Waals surface area (Å²) < 4.78 is 38.4. The minimum Gasteiger partial charge on any atom is -0.497 e. The summed E-state index contributed by atoms with van der Waals surface area (Å²) in [6, 6.07) is 37.7. The van der Waals surface area contributed by atoms with E-state index in [0.29, 0.717) is 13.2 Å². The van der Waals surface area contributed by atoms with Gasteiger partial charge in [0, 0.05) is 10.5 Å². The van der Waals surface area contributed by atoms with Gasteiger partial charge in [0.1, 0.15) is 41.7 Å². The average molecular weight is 601 g/mol. The van der Waals surface area contributed by atoms with Crippen LogP contribution >= 0.6 is 11.8 Å². The second kappa shape index (κ2) is 14.5. The smallest absolute Gasteiger partial charge is 0.184 e. The summed E-state index contributed by atoms with van der Waals surface area (Å²) >= 11 is 1.57. The van der Waals surface area contributed by atoms with Gasteiger partial charge in [0.05, 0.1) is 26.9 Å². The number of aliphatic hydroxyl groups is 1. The van der Waals surface area contributed by atoms with Crippen LogP contribution in [0.15, 0.2) is 120 Å². The van der Waals surface area contributed by atoms with E-state index in [4.69, 9.17) is 28.4 Å². The second-order valence-electron chi connectivity index (χ2n) is 10.5. The topological polar surface area (TPSA) is 75.6 Å². The van der Waals surface area contributed by atoms with E-state index in [0.717, 1.165) is 27.3 Å². The SMILES string of the molecule is COc1ccc(C2O[C@H]3[C@H](OCc4ccccc4)[C@H](OCc4ccccc4)[C@@H](Sc4ccccc4)O[C@@H]3[C@H](CO)O2)cc1. The molecule has 6 rings (SSSR count). The molecule has 4 aromatic carbocycles. The summed E-state index contributed by atoms with van der Waals surface area (Å²) in [5.74, 6) is 0.733. The number of rotatable bonds is 11. The zero-order chi connectivity index (χ0) is 29.4. The van der Waals surface area contributed by atoms with Crippen molar-refractivity contribution in [2.75, 3.05) is 13.7 Å². The zero-order valence-corrected chi connectivity index (χ0v) is 24.8. The fourth-order valence-corrected chi connectivity index (χ4v) is 6.53. The molecule has 7 atom stereocenters. The van der Waals surface area contributed by atoms with E-state index in [9.17, 15) is 5.11 Å². The quantitative estimate of drug-likeness (QED) is 0.220. The first-order chi connectivity index (χ1) is 21.2. The summed E-state index contributed by atoms with van der Waals surface area (Å²) in [5, 5.41) is 10.5. The van der Waals surface area contributed by atoms with Crippen LogP contribution in [0.25, 0.3) is 0 Å². The van der Waals surface area contributed by atoms with Gasteiger partial charge in [-0.1, -0.05) is 103 Å². The maximum atomic E-state index is 10.5. The van der Waals surface area contributed by atoms with Gasteiger partial charge in [-0.2, -0.15) is 0 Å². The molecule has 2 saturated heterocycles. The number of fused-ring (bicyclic) bond motifs is 1. The van der Waals surface area contributed by atoms with Crippen LogP contribution in [0.3, 0.4) is 0 Å². The predicted octanol–water partition coefficient (Wildman–Crippen LogP) is 6.16. The van der Waals surface area contributed by atoms with Gasteiger partial charge in [-0.25, -0.2) is 0 Å². The summed E-state index contributed by atoms with van der Waals surface area (Å²) in [4.78, 5) is 1.04. The lowest BCUT2D eigenvalue weighted by Gasteiger charge is -2.51. The van der Waals surface area contributed by atoms with Crippen LogP contribution in [0.5, 0.6) is 5.75 Å². The third-order valence-corrected chi connectivity index (χ3v) is 8.77. The highest BCUT2D eigenvalue weighted by Crippen LogP contribution is 2.43. The van der Waals surface area contributed by atoms with Crippen molar-refractivity contribution in [3.05, 3.63) is 132 Å². The van der Waals surface area contributed by atoms with Crippen LogP contribution in [0.2, 0.25) is 0 Å². The molecule has 0 spiro atoms. The Morgan fingerprint density at radius 2 is 1.23 bits per heavy atom. The molecule has 7 nitrogen and oxygen atoms in total. The van der Waals surface area contributed by atoms with Crippen molar-refractivity contribution in [2.24, 2.45) is 0 Å². The number of aliphatic hydroxyl groups excluding tert-OH is 1. The lowest BCUT2D eigenvalue weighted by atomic mass is 9.94. The summed E-state index contributed by atoms with van der Waals surface area (Å²) in [6.07, 6.45) is -3.55.